The van der Waals surface area contributed by atoms with Crippen LogP contribution < -0.4 is 10.3 Å². The van der Waals surface area contributed by atoms with Crippen LogP contribution >= 0.6 is 23.2 Å². The summed E-state index contributed by atoms with van der Waals surface area (Å²) >= 11 is 12.0. The molecule has 0 radical (unpaired) electrons. The minimum atomic E-state index is -0.388. The molecule has 1 heterocycles. The first-order valence-corrected chi connectivity index (χ1v) is 7.40. The SMILES string of the molecule is COc1cccc(-c2ncc(=O)n(-c3ccc(Cl)cc3Cl)n2)c1. The predicted octanol–water partition coefficient (Wildman–Crippen LogP) is 3.61. The second-order valence-corrected chi connectivity index (χ2v) is 5.50. The first-order valence-electron chi connectivity index (χ1n) is 6.65. The van der Waals surface area contributed by atoms with Gasteiger partial charge in [-0.25, -0.2) is 4.98 Å². The molecule has 7 heteroatoms. The highest BCUT2D eigenvalue weighted by atomic mass is 35.5. The van der Waals surface area contributed by atoms with E-state index in [1.807, 2.05) is 18.2 Å². The van der Waals surface area contributed by atoms with E-state index in [1.165, 1.54) is 10.9 Å². The molecular weight excluding hydrogens is 337 g/mol. The lowest BCUT2D eigenvalue weighted by molar-refractivity contribution is 0.415. The lowest BCUT2D eigenvalue weighted by Crippen LogP contribution is -2.22. The minimum Gasteiger partial charge on any atom is -0.497 e. The Kier molecular flexibility index (Phi) is 4.32. The van der Waals surface area contributed by atoms with Crippen molar-refractivity contribution in [2.75, 3.05) is 7.11 Å². The van der Waals surface area contributed by atoms with Crippen molar-refractivity contribution in [2.24, 2.45) is 0 Å². The van der Waals surface area contributed by atoms with Crippen LogP contribution in [0.3, 0.4) is 0 Å². The fraction of sp³-hybridized carbons (Fsp3) is 0.0625. The van der Waals surface area contributed by atoms with E-state index in [2.05, 4.69) is 10.1 Å². The number of hydrogen-bond acceptors (Lipinski definition) is 4. The fourth-order valence-corrected chi connectivity index (χ4v) is 2.55. The smallest absolute Gasteiger partial charge is 0.290 e. The molecule has 0 aliphatic carbocycles. The van der Waals surface area contributed by atoms with Gasteiger partial charge < -0.3 is 4.74 Å². The van der Waals surface area contributed by atoms with E-state index in [0.29, 0.717) is 27.3 Å². The molecule has 5 nitrogen and oxygen atoms in total. The molecule has 0 saturated carbocycles. The molecule has 0 spiro atoms. The Morgan fingerprint density at radius 2 is 1.96 bits per heavy atom. The number of halogens is 2. The van der Waals surface area contributed by atoms with Gasteiger partial charge >= 0.3 is 0 Å². The molecule has 0 atom stereocenters. The highest BCUT2D eigenvalue weighted by molar-refractivity contribution is 6.35. The number of hydrogen-bond donors (Lipinski definition) is 0. The van der Waals surface area contributed by atoms with Gasteiger partial charge in [-0.3, -0.25) is 4.79 Å². The Morgan fingerprint density at radius 1 is 1.13 bits per heavy atom. The number of nitrogens with zero attached hydrogens (tertiary/aromatic N) is 3. The summed E-state index contributed by atoms with van der Waals surface area (Å²) in [7, 11) is 1.58. The van der Waals surface area contributed by atoms with E-state index in [1.54, 1.807) is 31.4 Å². The molecule has 1 aromatic heterocycles. The third-order valence-corrected chi connectivity index (χ3v) is 3.70. The monoisotopic (exact) mass is 347 g/mol. The second-order valence-electron chi connectivity index (χ2n) is 4.66. The molecule has 0 aliphatic rings. The van der Waals surface area contributed by atoms with Crippen LogP contribution in [0.25, 0.3) is 17.1 Å². The van der Waals surface area contributed by atoms with Gasteiger partial charge in [-0.1, -0.05) is 35.3 Å². The average Bonchev–Trinajstić information content (AvgIpc) is 2.56. The van der Waals surface area contributed by atoms with Gasteiger partial charge in [-0.2, -0.15) is 4.68 Å². The summed E-state index contributed by atoms with van der Waals surface area (Å²) < 4.78 is 6.38. The molecule has 0 saturated heterocycles. The average molecular weight is 348 g/mol. The molecule has 0 amide bonds. The molecule has 0 N–H and O–H groups in total. The Balaban J connectivity index is 2.14. The van der Waals surface area contributed by atoms with Crippen LogP contribution in [-0.4, -0.2) is 21.9 Å². The molecule has 0 fully saturated rings. The van der Waals surface area contributed by atoms with E-state index in [4.69, 9.17) is 27.9 Å². The summed E-state index contributed by atoms with van der Waals surface area (Å²) in [6.45, 7) is 0. The third kappa shape index (κ3) is 3.21. The summed E-state index contributed by atoms with van der Waals surface area (Å²) in [6, 6.07) is 12.1. The standard InChI is InChI=1S/C16H11Cl2N3O2/c1-23-12-4-2-3-10(7-12)16-19-9-15(22)21(20-16)14-6-5-11(17)8-13(14)18/h2-9H,1H3. The second kappa shape index (κ2) is 6.40. The van der Waals surface area contributed by atoms with Crippen molar-refractivity contribution in [3.05, 3.63) is 69.1 Å². The van der Waals surface area contributed by atoms with Gasteiger partial charge in [0.15, 0.2) is 5.82 Å². The first-order chi connectivity index (χ1) is 11.1. The Labute approximate surface area is 142 Å². The Hall–Kier alpha value is -2.37. The van der Waals surface area contributed by atoms with Crippen molar-refractivity contribution >= 4 is 23.2 Å². The van der Waals surface area contributed by atoms with Gasteiger partial charge in [0.2, 0.25) is 0 Å². The molecular formula is C16H11Cl2N3O2. The topological polar surface area (TPSA) is 57.0 Å². The van der Waals surface area contributed by atoms with Gasteiger partial charge in [0.25, 0.3) is 5.56 Å². The number of ether oxygens (including phenoxy) is 1. The third-order valence-electron chi connectivity index (χ3n) is 3.17. The molecule has 23 heavy (non-hydrogen) atoms. The molecule has 0 bridgehead atoms. The van der Waals surface area contributed by atoms with Gasteiger partial charge in [-0.15, -0.1) is 5.10 Å². The van der Waals surface area contributed by atoms with Crippen LogP contribution in [0, 0.1) is 0 Å². The zero-order valence-electron chi connectivity index (χ0n) is 12.0. The highest BCUT2D eigenvalue weighted by Gasteiger charge is 2.10. The van der Waals surface area contributed by atoms with Crippen molar-refractivity contribution in [3.8, 4) is 22.8 Å². The molecule has 3 aromatic rings. The van der Waals surface area contributed by atoms with E-state index < -0.39 is 0 Å². The maximum Gasteiger partial charge on any atom is 0.290 e. The summed E-state index contributed by atoms with van der Waals surface area (Å²) in [5.74, 6) is 1.06. The van der Waals surface area contributed by atoms with Crippen LogP contribution in [0.1, 0.15) is 0 Å². The van der Waals surface area contributed by atoms with Crippen LogP contribution in [-0.2, 0) is 0 Å². The van der Waals surface area contributed by atoms with Gasteiger partial charge in [0.1, 0.15) is 5.75 Å². The van der Waals surface area contributed by atoms with Crippen LogP contribution in [0.15, 0.2) is 53.5 Å². The molecule has 2 aromatic carbocycles. The van der Waals surface area contributed by atoms with Gasteiger partial charge in [-0.05, 0) is 30.3 Å². The zero-order valence-corrected chi connectivity index (χ0v) is 13.5. The summed E-state index contributed by atoms with van der Waals surface area (Å²) in [4.78, 5) is 16.2. The van der Waals surface area contributed by atoms with Gasteiger partial charge in [0, 0.05) is 10.6 Å². The predicted molar refractivity (Wildman–Crippen MR) is 89.6 cm³/mol. The lowest BCUT2D eigenvalue weighted by Gasteiger charge is -2.09. The van der Waals surface area contributed by atoms with E-state index in [9.17, 15) is 4.79 Å². The Bertz CT molecular complexity index is 925. The molecule has 0 unspecified atom stereocenters. The molecule has 116 valence electrons. The van der Waals surface area contributed by atoms with E-state index >= 15 is 0 Å². The van der Waals surface area contributed by atoms with Crippen LogP contribution in [0.5, 0.6) is 5.75 Å². The maximum absolute atomic E-state index is 12.1. The zero-order chi connectivity index (χ0) is 16.4. The molecule has 3 rings (SSSR count). The summed E-state index contributed by atoms with van der Waals surface area (Å²) in [6.07, 6.45) is 1.20. The summed E-state index contributed by atoms with van der Waals surface area (Å²) in [5.41, 5.74) is 0.775. The van der Waals surface area contributed by atoms with Crippen molar-refractivity contribution in [1.29, 1.82) is 0 Å². The quantitative estimate of drug-likeness (QED) is 0.726. The highest BCUT2D eigenvalue weighted by Crippen LogP contribution is 2.24. The largest absolute Gasteiger partial charge is 0.497 e. The Morgan fingerprint density at radius 3 is 2.70 bits per heavy atom. The fourth-order valence-electron chi connectivity index (χ4n) is 2.06. The lowest BCUT2D eigenvalue weighted by atomic mass is 10.2. The van der Waals surface area contributed by atoms with Crippen molar-refractivity contribution in [2.45, 2.75) is 0 Å². The molecule has 0 aliphatic heterocycles. The van der Waals surface area contributed by atoms with Crippen LogP contribution in [0.2, 0.25) is 10.0 Å². The van der Waals surface area contributed by atoms with Gasteiger partial charge in [0.05, 0.1) is 24.0 Å². The number of benzene rings is 2. The first kappa shape index (κ1) is 15.5. The van der Waals surface area contributed by atoms with E-state index in [-0.39, 0.29) is 5.56 Å². The number of aromatic nitrogens is 3. The normalized spacial score (nSPS) is 10.6. The van der Waals surface area contributed by atoms with Crippen molar-refractivity contribution < 1.29 is 4.74 Å². The van der Waals surface area contributed by atoms with E-state index in [0.717, 1.165) is 5.56 Å². The number of methoxy groups -OCH3 is 1. The minimum absolute atomic E-state index is 0.329. The maximum atomic E-state index is 12.1. The number of rotatable bonds is 3. The van der Waals surface area contributed by atoms with Crippen molar-refractivity contribution in [1.82, 2.24) is 14.8 Å². The van der Waals surface area contributed by atoms with Crippen LogP contribution in [0.4, 0.5) is 0 Å². The van der Waals surface area contributed by atoms with Crippen molar-refractivity contribution in [3.63, 3.8) is 0 Å². The summed E-state index contributed by atoms with van der Waals surface area (Å²) in [5, 5.41) is 5.10.